The summed E-state index contributed by atoms with van der Waals surface area (Å²) in [4.78, 5) is 16.6. The molecular weight excluding hydrogens is 404 g/mol. The Morgan fingerprint density at radius 2 is 1.93 bits per heavy atom. The predicted molar refractivity (Wildman–Crippen MR) is 115 cm³/mol. The van der Waals surface area contributed by atoms with E-state index < -0.39 is 15.9 Å². The lowest BCUT2D eigenvalue weighted by molar-refractivity contribution is 0.0955. The summed E-state index contributed by atoms with van der Waals surface area (Å²) in [5.74, 6) is -0.484. The Bertz CT molecular complexity index is 1200. The van der Waals surface area contributed by atoms with Gasteiger partial charge in [-0.1, -0.05) is 26.0 Å². The number of amides is 1. The van der Waals surface area contributed by atoms with Gasteiger partial charge in [-0.3, -0.25) is 9.78 Å². The molecule has 0 saturated heterocycles. The molecule has 0 bridgehead atoms. The minimum Gasteiger partial charge on any atom is -0.506 e. The van der Waals surface area contributed by atoms with Crippen molar-refractivity contribution in [1.29, 1.82) is 0 Å². The standard InChI is InChI=1S/C21H22N4O4S/c1-3-25(4-2)30(28,29)17-8-5-7-15(13-17)21(27)24-23-14-16-10-11-19(26)20-18(16)9-6-12-22-20/h5-14,26H,3-4H2,1-2H3,(H,24,27)/b23-14+. The number of pyridine rings is 1. The topological polar surface area (TPSA) is 112 Å². The van der Waals surface area contributed by atoms with E-state index in [0.29, 0.717) is 29.6 Å². The molecule has 0 atom stereocenters. The first-order valence-electron chi connectivity index (χ1n) is 9.38. The number of rotatable bonds is 7. The molecule has 9 heteroatoms. The molecule has 2 N–H and O–H groups in total. The molecule has 3 rings (SSSR count). The lowest BCUT2D eigenvalue weighted by Crippen LogP contribution is -2.30. The number of carbonyl (C=O) groups excluding carboxylic acids is 1. The Labute approximate surface area is 174 Å². The summed E-state index contributed by atoms with van der Waals surface area (Å²) in [5, 5.41) is 14.5. The number of benzene rings is 2. The van der Waals surface area contributed by atoms with E-state index >= 15 is 0 Å². The van der Waals surface area contributed by atoms with Crippen LogP contribution in [0.15, 0.2) is 64.7 Å². The van der Waals surface area contributed by atoms with Gasteiger partial charge in [-0.15, -0.1) is 0 Å². The second kappa shape index (κ2) is 9.02. The quantitative estimate of drug-likeness (QED) is 0.446. The number of phenolic OH excluding ortho intramolecular Hbond substituents is 1. The van der Waals surface area contributed by atoms with Gasteiger partial charge in [-0.25, -0.2) is 13.8 Å². The molecule has 0 spiro atoms. The normalized spacial score (nSPS) is 12.0. The van der Waals surface area contributed by atoms with Crippen molar-refractivity contribution in [2.24, 2.45) is 5.10 Å². The Kier molecular flexibility index (Phi) is 6.43. The first-order valence-corrected chi connectivity index (χ1v) is 10.8. The molecule has 30 heavy (non-hydrogen) atoms. The van der Waals surface area contributed by atoms with Gasteiger partial charge >= 0.3 is 0 Å². The van der Waals surface area contributed by atoms with Crippen LogP contribution in [0, 0.1) is 0 Å². The van der Waals surface area contributed by atoms with E-state index in [2.05, 4.69) is 15.5 Å². The average molecular weight is 426 g/mol. The lowest BCUT2D eigenvalue weighted by Gasteiger charge is -2.18. The number of carbonyl (C=O) groups is 1. The van der Waals surface area contributed by atoms with E-state index in [1.54, 1.807) is 38.2 Å². The number of nitrogens with one attached hydrogen (secondary N) is 1. The average Bonchev–Trinajstić information content (AvgIpc) is 2.76. The van der Waals surface area contributed by atoms with Crippen molar-refractivity contribution in [2.45, 2.75) is 18.7 Å². The van der Waals surface area contributed by atoms with Crippen molar-refractivity contribution in [3.8, 4) is 5.75 Å². The third-order valence-electron chi connectivity index (χ3n) is 4.59. The number of sulfonamides is 1. The number of aromatic nitrogens is 1. The van der Waals surface area contributed by atoms with Crippen LogP contribution in [0.25, 0.3) is 10.9 Å². The maximum absolute atomic E-state index is 12.7. The minimum absolute atomic E-state index is 0.0537. The van der Waals surface area contributed by atoms with Crippen LogP contribution in [0.1, 0.15) is 29.8 Å². The zero-order chi connectivity index (χ0) is 21.7. The van der Waals surface area contributed by atoms with Crippen molar-refractivity contribution < 1.29 is 18.3 Å². The van der Waals surface area contributed by atoms with Gasteiger partial charge in [-0.05, 0) is 36.4 Å². The molecule has 3 aromatic rings. The molecular formula is C21H22N4O4S. The molecule has 2 aromatic carbocycles. The van der Waals surface area contributed by atoms with Gasteiger partial charge in [-0.2, -0.15) is 9.41 Å². The van der Waals surface area contributed by atoms with Gasteiger partial charge in [0.15, 0.2) is 0 Å². The highest BCUT2D eigenvalue weighted by Gasteiger charge is 2.22. The summed E-state index contributed by atoms with van der Waals surface area (Å²) < 4.78 is 26.6. The molecule has 1 aromatic heterocycles. The molecule has 156 valence electrons. The predicted octanol–water partition coefficient (Wildman–Crippen LogP) is 2.73. The van der Waals surface area contributed by atoms with Crippen LogP contribution in [0.3, 0.4) is 0 Å². The van der Waals surface area contributed by atoms with Crippen molar-refractivity contribution in [3.05, 3.63) is 65.9 Å². The molecule has 0 fully saturated rings. The van der Waals surface area contributed by atoms with Crippen LogP contribution >= 0.6 is 0 Å². The van der Waals surface area contributed by atoms with E-state index in [0.717, 1.165) is 0 Å². The molecule has 0 radical (unpaired) electrons. The zero-order valence-corrected chi connectivity index (χ0v) is 17.4. The van der Waals surface area contributed by atoms with Crippen LogP contribution in [-0.2, 0) is 10.0 Å². The lowest BCUT2D eigenvalue weighted by atomic mass is 10.1. The van der Waals surface area contributed by atoms with Crippen molar-refractivity contribution in [1.82, 2.24) is 14.7 Å². The Hall–Kier alpha value is -3.30. The Morgan fingerprint density at radius 3 is 2.67 bits per heavy atom. The van der Waals surface area contributed by atoms with Crippen LogP contribution in [0.5, 0.6) is 5.75 Å². The van der Waals surface area contributed by atoms with Gasteiger partial charge in [0.2, 0.25) is 10.0 Å². The third-order valence-corrected chi connectivity index (χ3v) is 6.64. The van der Waals surface area contributed by atoms with Gasteiger partial charge in [0.05, 0.1) is 11.1 Å². The second-order valence-corrected chi connectivity index (χ2v) is 8.33. The molecule has 8 nitrogen and oxygen atoms in total. The maximum atomic E-state index is 12.7. The summed E-state index contributed by atoms with van der Waals surface area (Å²) in [6.07, 6.45) is 3.02. The van der Waals surface area contributed by atoms with Gasteiger partial charge in [0, 0.05) is 35.8 Å². The highest BCUT2D eigenvalue weighted by Crippen LogP contribution is 2.24. The van der Waals surface area contributed by atoms with E-state index in [1.807, 2.05) is 0 Å². The van der Waals surface area contributed by atoms with Crippen LogP contribution in [-0.4, -0.2) is 48.0 Å². The fourth-order valence-electron chi connectivity index (χ4n) is 3.03. The monoisotopic (exact) mass is 426 g/mol. The largest absolute Gasteiger partial charge is 0.506 e. The van der Waals surface area contributed by atoms with Gasteiger partial charge in [0.25, 0.3) is 5.91 Å². The number of hydrogen-bond donors (Lipinski definition) is 2. The summed E-state index contributed by atoms with van der Waals surface area (Å²) in [6.45, 7) is 4.20. The number of nitrogens with zero attached hydrogens (tertiary/aromatic N) is 3. The summed E-state index contributed by atoms with van der Waals surface area (Å²) in [5.41, 5.74) is 3.67. The minimum atomic E-state index is -3.66. The van der Waals surface area contributed by atoms with Crippen molar-refractivity contribution in [2.75, 3.05) is 13.1 Å². The van der Waals surface area contributed by atoms with E-state index in [1.165, 1.54) is 40.9 Å². The third kappa shape index (κ3) is 4.32. The van der Waals surface area contributed by atoms with E-state index in [9.17, 15) is 18.3 Å². The highest BCUT2D eigenvalue weighted by atomic mass is 32.2. The molecule has 0 saturated carbocycles. The van der Waals surface area contributed by atoms with Gasteiger partial charge in [0.1, 0.15) is 11.3 Å². The zero-order valence-electron chi connectivity index (χ0n) is 16.6. The molecule has 0 aliphatic carbocycles. The van der Waals surface area contributed by atoms with Crippen LogP contribution < -0.4 is 5.43 Å². The molecule has 0 unspecified atom stereocenters. The smallest absolute Gasteiger partial charge is 0.271 e. The van der Waals surface area contributed by atoms with Crippen LogP contribution in [0.4, 0.5) is 0 Å². The fraction of sp³-hybridized carbons (Fsp3) is 0.190. The van der Waals surface area contributed by atoms with Crippen molar-refractivity contribution in [3.63, 3.8) is 0 Å². The number of fused-ring (bicyclic) bond motifs is 1. The van der Waals surface area contributed by atoms with Crippen molar-refractivity contribution >= 4 is 33.0 Å². The second-order valence-electron chi connectivity index (χ2n) is 6.39. The molecule has 0 aliphatic rings. The fourth-order valence-corrected chi connectivity index (χ4v) is 4.53. The highest BCUT2D eigenvalue weighted by molar-refractivity contribution is 7.89. The Morgan fingerprint density at radius 1 is 1.17 bits per heavy atom. The SMILES string of the molecule is CCN(CC)S(=O)(=O)c1cccc(C(=O)N/N=C/c2ccc(O)c3ncccc23)c1. The summed E-state index contributed by atoms with van der Waals surface area (Å²) in [6, 6.07) is 12.5. The first-order chi connectivity index (χ1) is 14.4. The number of aromatic hydroxyl groups is 1. The summed E-state index contributed by atoms with van der Waals surface area (Å²) in [7, 11) is -3.66. The molecule has 1 heterocycles. The number of hydrazone groups is 1. The van der Waals surface area contributed by atoms with Crippen LogP contribution in [0.2, 0.25) is 0 Å². The van der Waals surface area contributed by atoms with E-state index in [-0.39, 0.29) is 16.2 Å². The van der Waals surface area contributed by atoms with Gasteiger partial charge < -0.3 is 5.11 Å². The Balaban J connectivity index is 1.80. The maximum Gasteiger partial charge on any atom is 0.271 e. The number of phenols is 1. The first kappa shape index (κ1) is 21.4. The summed E-state index contributed by atoms with van der Waals surface area (Å²) >= 11 is 0. The molecule has 0 aliphatic heterocycles. The number of hydrogen-bond acceptors (Lipinski definition) is 6. The van der Waals surface area contributed by atoms with E-state index in [4.69, 9.17) is 0 Å². The molecule has 1 amide bonds.